The Morgan fingerprint density at radius 2 is 2.06 bits per heavy atom. The number of rotatable bonds is 1. The number of carbonyl (C=O) groups excluding carboxylic acids is 1. The molecular weight excluding hydrogens is 265 g/mol. The Morgan fingerprint density at radius 3 is 2.71 bits per heavy atom. The van der Waals surface area contributed by atoms with Crippen LogP contribution in [-0.4, -0.2) is 23.2 Å². The largest absolute Gasteiger partial charge is 0.507 e. The molecule has 1 N–H and O–H groups in total. The maximum Gasteiger partial charge on any atom is 0.356 e. The zero-order valence-corrected chi connectivity index (χ0v) is 10.2. The van der Waals surface area contributed by atoms with Crippen LogP contribution in [-0.2, 0) is 4.74 Å². The summed E-state index contributed by atoms with van der Waals surface area (Å²) < 4.78 is 4.52. The van der Waals surface area contributed by atoms with E-state index in [1.165, 1.54) is 25.3 Å². The molecule has 0 fully saturated rings. The van der Waals surface area contributed by atoms with Gasteiger partial charge in [0.25, 0.3) is 0 Å². The summed E-state index contributed by atoms with van der Waals surface area (Å²) in [5.74, 6) is -0.782. The van der Waals surface area contributed by atoms with Crippen LogP contribution in [0.2, 0.25) is 10.0 Å². The molecule has 0 amide bonds. The standard InChI is InChI=1S/C11H7Cl2NO3/c1-17-11(16)8-4-9(15)10-6(13)2-5(12)3-7(10)14-8/h2-4H,1H3,(H,14,15). The van der Waals surface area contributed by atoms with Crippen molar-refractivity contribution in [3.8, 4) is 5.75 Å². The predicted molar refractivity (Wildman–Crippen MR) is 64.8 cm³/mol. The molecule has 88 valence electrons. The predicted octanol–water partition coefficient (Wildman–Crippen LogP) is 3.03. The molecular formula is C11H7Cl2NO3. The van der Waals surface area contributed by atoms with Gasteiger partial charge in [-0.25, -0.2) is 9.78 Å². The van der Waals surface area contributed by atoms with Crippen LogP contribution in [0.4, 0.5) is 0 Å². The molecule has 0 atom stereocenters. The van der Waals surface area contributed by atoms with Crippen molar-refractivity contribution in [3.63, 3.8) is 0 Å². The monoisotopic (exact) mass is 271 g/mol. The molecule has 1 aromatic heterocycles. The second kappa shape index (κ2) is 4.39. The molecule has 0 saturated heterocycles. The van der Waals surface area contributed by atoms with Gasteiger partial charge in [0.05, 0.1) is 23.0 Å². The summed E-state index contributed by atoms with van der Waals surface area (Å²) in [6.07, 6.45) is 0. The Balaban J connectivity index is 2.77. The molecule has 0 aliphatic heterocycles. The summed E-state index contributed by atoms with van der Waals surface area (Å²) in [4.78, 5) is 15.3. The Hall–Kier alpha value is -1.52. The highest BCUT2D eigenvalue weighted by atomic mass is 35.5. The fraction of sp³-hybridized carbons (Fsp3) is 0.0909. The van der Waals surface area contributed by atoms with E-state index in [2.05, 4.69) is 9.72 Å². The number of fused-ring (bicyclic) bond motifs is 1. The molecule has 0 bridgehead atoms. The Kier molecular flexibility index (Phi) is 3.09. The molecule has 0 radical (unpaired) electrons. The van der Waals surface area contributed by atoms with Crippen LogP contribution in [0.5, 0.6) is 5.75 Å². The lowest BCUT2D eigenvalue weighted by molar-refractivity contribution is 0.0594. The Labute approximate surface area is 107 Å². The quantitative estimate of drug-likeness (QED) is 0.810. The van der Waals surface area contributed by atoms with Gasteiger partial charge in [-0.3, -0.25) is 0 Å². The van der Waals surface area contributed by atoms with Crippen molar-refractivity contribution in [2.45, 2.75) is 0 Å². The maximum atomic E-state index is 11.3. The second-order valence-corrected chi connectivity index (χ2v) is 4.14. The number of hydrogen-bond donors (Lipinski definition) is 1. The molecule has 0 aliphatic carbocycles. The van der Waals surface area contributed by atoms with Gasteiger partial charge in [-0.1, -0.05) is 23.2 Å². The molecule has 0 unspecified atom stereocenters. The highest BCUT2D eigenvalue weighted by molar-refractivity contribution is 6.39. The average Bonchev–Trinajstić information content (AvgIpc) is 2.26. The molecule has 1 heterocycles. The molecule has 6 heteroatoms. The third kappa shape index (κ3) is 2.14. The van der Waals surface area contributed by atoms with Crippen LogP contribution in [0, 0.1) is 0 Å². The first-order valence-electron chi connectivity index (χ1n) is 4.60. The summed E-state index contributed by atoms with van der Waals surface area (Å²) in [5, 5.41) is 10.8. The SMILES string of the molecule is COC(=O)c1cc(O)c2c(Cl)cc(Cl)cc2n1. The van der Waals surface area contributed by atoms with E-state index in [-0.39, 0.29) is 16.5 Å². The van der Waals surface area contributed by atoms with Crippen molar-refractivity contribution in [1.82, 2.24) is 4.98 Å². The van der Waals surface area contributed by atoms with Gasteiger partial charge in [-0.2, -0.15) is 0 Å². The minimum Gasteiger partial charge on any atom is -0.507 e. The van der Waals surface area contributed by atoms with Gasteiger partial charge in [0.15, 0.2) is 5.69 Å². The van der Waals surface area contributed by atoms with E-state index in [9.17, 15) is 9.90 Å². The summed E-state index contributed by atoms with van der Waals surface area (Å²) in [5.41, 5.74) is 0.332. The lowest BCUT2D eigenvalue weighted by Gasteiger charge is -2.06. The lowest BCUT2D eigenvalue weighted by Crippen LogP contribution is -2.04. The van der Waals surface area contributed by atoms with E-state index < -0.39 is 5.97 Å². The normalized spacial score (nSPS) is 10.5. The number of aromatic hydroxyl groups is 1. The number of ether oxygens (including phenoxy) is 1. The lowest BCUT2D eigenvalue weighted by atomic mass is 10.2. The first-order chi connectivity index (χ1) is 8.02. The summed E-state index contributed by atoms with van der Waals surface area (Å²) >= 11 is 11.8. The van der Waals surface area contributed by atoms with E-state index in [0.717, 1.165) is 0 Å². The first-order valence-corrected chi connectivity index (χ1v) is 5.35. The van der Waals surface area contributed by atoms with Crippen LogP contribution in [0.25, 0.3) is 10.9 Å². The fourth-order valence-corrected chi connectivity index (χ4v) is 2.05. The molecule has 0 spiro atoms. The van der Waals surface area contributed by atoms with E-state index in [4.69, 9.17) is 23.2 Å². The number of carbonyl (C=O) groups is 1. The Bertz CT molecular complexity index is 613. The van der Waals surface area contributed by atoms with Gasteiger partial charge in [0.2, 0.25) is 0 Å². The van der Waals surface area contributed by atoms with Crippen LogP contribution in [0.15, 0.2) is 18.2 Å². The number of methoxy groups -OCH3 is 1. The zero-order valence-electron chi connectivity index (χ0n) is 8.70. The number of hydrogen-bond acceptors (Lipinski definition) is 4. The van der Waals surface area contributed by atoms with Crippen LogP contribution < -0.4 is 0 Å². The first kappa shape index (κ1) is 12.0. The van der Waals surface area contributed by atoms with E-state index in [0.29, 0.717) is 15.9 Å². The van der Waals surface area contributed by atoms with Crippen molar-refractivity contribution < 1.29 is 14.6 Å². The number of nitrogens with zero attached hydrogens (tertiary/aromatic N) is 1. The van der Waals surface area contributed by atoms with Crippen LogP contribution >= 0.6 is 23.2 Å². The number of benzene rings is 1. The van der Waals surface area contributed by atoms with Gasteiger partial charge in [-0.05, 0) is 12.1 Å². The van der Waals surface area contributed by atoms with Gasteiger partial charge >= 0.3 is 5.97 Å². The Morgan fingerprint density at radius 1 is 1.35 bits per heavy atom. The number of pyridine rings is 1. The minimum absolute atomic E-state index is 0.00386. The highest BCUT2D eigenvalue weighted by Crippen LogP contribution is 2.33. The zero-order chi connectivity index (χ0) is 12.6. The van der Waals surface area contributed by atoms with Gasteiger partial charge in [0, 0.05) is 11.1 Å². The van der Waals surface area contributed by atoms with E-state index in [1.807, 2.05) is 0 Å². The molecule has 2 rings (SSSR count). The van der Waals surface area contributed by atoms with Crippen molar-refractivity contribution in [1.29, 1.82) is 0 Å². The van der Waals surface area contributed by atoms with Crippen LogP contribution in [0.1, 0.15) is 10.5 Å². The second-order valence-electron chi connectivity index (χ2n) is 3.30. The fourth-order valence-electron chi connectivity index (χ4n) is 1.47. The van der Waals surface area contributed by atoms with Crippen molar-refractivity contribution in [2.75, 3.05) is 7.11 Å². The number of halogens is 2. The third-order valence-corrected chi connectivity index (χ3v) is 2.72. The molecule has 17 heavy (non-hydrogen) atoms. The van der Waals surface area contributed by atoms with Gasteiger partial charge < -0.3 is 9.84 Å². The van der Waals surface area contributed by atoms with Crippen molar-refractivity contribution >= 4 is 40.1 Å². The highest BCUT2D eigenvalue weighted by Gasteiger charge is 2.14. The van der Waals surface area contributed by atoms with Gasteiger partial charge in [0.1, 0.15) is 5.75 Å². The average molecular weight is 272 g/mol. The van der Waals surface area contributed by atoms with Crippen LogP contribution in [0.3, 0.4) is 0 Å². The number of esters is 1. The molecule has 0 saturated carbocycles. The topological polar surface area (TPSA) is 59.4 Å². The van der Waals surface area contributed by atoms with E-state index >= 15 is 0 Å². The maximum absolute atomic E-state index is 11.3. The number of aromatic nitrogens is 1. The molecule has 2 aromatic rings. The summed E-state index contributed by atoms with van der Waals surface area (Å²) in [7, 11) is 1.23. The van der Waals surface area contributed by atoms with E-state index in [1.54, 1.807) is 0 Å². The smallest absolute Gasteiger partial charge is 0.356 e. The van der Waals surface area contributed by atoms with Crippen molar-refractivity contribution in [3.05, 3.63) is 33.9 Å². The van der Waals surface area contributed by atoms with Gasteiger partial charge in [-0.15, -0.1) is 0 Å². The summed E-state index contributed by atoms with van der Waals surface area (Å²) in [6.45, 7) is 0. The molecule has 1 aromatic carbocycles. The van der Waals surface area contributed by atoms with Crippen molar-refractivity contribution in [2.24, 2.45) is 0 Å². The molecule has 0 aliphatic rings. The molecule has 4 nitrogen and oxygen atoms in total. The third-order valence-electron chi connectivity index (χ3n) is 2.20. The minimum atomic E-state index is -0.640. The summed E-state index contributed by atoms with van der Waals surface area (Å²) in [6, 6.07) is 4.20.